The van der Waals surface area contributed by atoms with Gasteiger partial charge >= 0.3 is 0 Å². The summed E-state index contributed by atoms with van der Waals surface area (Å²) >= 11 is 1.58. The zero-order chi connectivity index (χ0) is 12.8. The number of aromatic nitrogens is 2. The molecule has 1 unspecified atom stereocenters. The molecule has 5 heteroatoms. The lowest BCUT2D eigenvalue weighted by Gasteiger charge is -2.04. The van der Waals surface area contributed by atoms with E-state index in [9.17, 15) is 5.11 Å². The molecule has 0 bridgehead atoms. The highest BCUT2D eigenvalue weighted by Gasteiger charge is 2.04. The molecule has 1 aromatic heterocycles. The minimum atomic E-state index is -0.640. The number of hydrogen-bond acceptors (Lipinski definition) is 4. The summed E-state index contributed by atoms with van der Waals surface area (Å²) in [5.41, 5.74) is 2.14. The van der Waals surface area contributed by atoms with E-state index in [4.69, 9.17) is 5.11 Å². The molecule has 0 aliphatic rings. The Kier molecular flexibility index (Phi) is 4.81. The van der Waals surface area contributed by atoms with Crippen LogP contribution in [0.15, 0.2) is 42.7 Å². The normalized spacial score (nSPS) is 12.6. The Morgan fingerprint density at radius 2 is 2.06 bits per heavy atom. The van der Waals surface area contributed by atoms with Gasteiger partial charge < -0.3 is 10.2 Å². The van der Waals surface area contributed by atoms with Gasteiger partial charge in [0, 0.05) is 23.3 Å². The molecule has 0 saturated heterocycles. The molecule has 0 spiro atoms. The van der Waals surface area contributed by atoms with Gasteiger partial charge in [-0.2, -0.15) is 16.9 Å². The lowest BCUT2D eigenvalue weighted by Crippen LogP contribution is -2.14. The number of aliphatic hydroxyl groups is 2. The van der Waals surface area contributed by atoms with Crippen molar-refractivity contribution in [2.45, 2.75) is 11.9 Å². The summed E-state index contributed by atoms with van der Waals surface area (Å²) in [5, 5.41) is 22.2. The van der Waals surface area contributed by atoms with Crippen molar-refractivity contribution in [2.75, 3.05) is 12.4 Å². The van der Waals surface area contributed by atoms with Gasteiger partial charge in [-0.3, -0.25) is 0 Å². The Morgan fingerprint density at radius 3 is 2.78 bits per heavy atom. The maximum Gasteiger partial charge on any atom is 0.0861 e. The van der Waals surface area contributed by atoms with Crippen LogP contribution in [0.5, 0.6) is 0 Å². The van der Waals surface area contributed by atoms with Crippen molar-refractivity contribution in [1.29, 1.82) is 0 Å². The van der Waals surface area contributed by atoms with E-state index in [-0.39, 0.29) is 6.61 Å². The second-order valence-electron chi connectivity index (χ2n) is 3.98. The van der Waals surface area contributed by atoms with Gasteiger partial charge in [0.1, 0.15) is 0 Å². The van der Waals surface area contributed by atoms with Crippen LogP contribution in [-0.2, 0) is 5.75 Å². The van der Waals surface area contributed by atoms with Crippen molar-refractivity contribution in [1.82, 2.24) is 9.78 Å². The molecule has 0 radical (unpaired) electrons. The molecule has 0 amide bonds. The third kappa shape index (κ3) is 3.60. The molecule has 2 N–H and O–H groups in total. The first-order chi connectivity index (χ1) is 8.79. The molecular weight excluding hydrogens is 248 g/mol. The van der Waals surface area contributed by atoms with Crippen molar-refractivity contribution < 1.29 is 10.2 Å². The zero-order valence-electron chi connectivity index (χ0n) is 9.94. The molecule has 0 saturated carbocycles. The number of hydrogen-bond donors (Lipinski definition) is 2. The van der Waals surface area contributed by atoms with Gasteiger partial charge in [-0.25, -0.2) is 4.68 Å². The van der Waals surface area contributed by atoms with Crippen LogP contribution in [0.1, 0.15) is 5.56 Å². The van der Waals surface area contributed by atoms with Crippen LogP contribution in [0.2, 0.25) is 0 Å². The van der Waals surface area contributed by atoms with Gasteiger partial charge in [0.15, 0.2) is 0 Å². The van der Waals surface area contributed by atoms with Crippen molar-refractivity contribution >= 4 is 11.8 Å². The molecule has 4 nitrogen and oxygen atoms in total. The molecule has 1 heterocycles. The number of aliphatic hydroxyl groups excluding tert-OH is 2. The molecule has 1 atom stereocenters. The maximum atomic E-state index is 9.23. The van der Waals surface area contributed by atoms with E-state index < -0.39 is 6.10 Å². The summed E-state index contributed by atoms with van der Waals surface area (Å²) in [6.45, 7) is -0.184. The molecule has 0 aliphatic heterocycles. The van der Waals surface area contributed by atoms with E-state index in [1.807, 2.05) is 47.4 Å². The number of para-hydroxylation sites is 1. The molecule has 2 aromatic rings. The van der Waals surface area contributed by atoms with Crippen molar-refractivity contribution in [3.63, 3.8) is 0 Å². The standard InChI is InChI=1S/C13H16N2O2S/c16-8-13(17)10-18-9-11-6-14-15(7-11)12-4-2-1-3-5-12/h1-7,13,16-17H,8-10H2. The Morgan fingerprint density at radius 1 is 1.28 bits per heavy atom. The third-order valence-corrected chi connectivity index (χ3v) is 3.60. The summed E-state index contributed by atoms with van der Waals surface area (Å²) < 4.78 is 1.83. The molecular formula is C13H16N2O2S. The van der Waals surface area contributed by atoms with Crippen LogP contribution in [0, 0.1) is 0 Å². The van der Waals surface area contributed by atoms with Crippen LogP contribution in [-0.4, -0.2) is 38.5 Å². The van der Waals surface area contributed by atoms with Crippen molar-refractivity contribution in [3.8, 4) is 5.69 Å². The Labute approximate surface area is 110 Å². The van der Waals surface area contributed by atoms with E-state index in [1.165, 1.54) is 0 Å². The summed E-state index contributed by atoms with van der Waals surface area (Å²) in [5.74, 6) is 1.32. The number of thioether (sulfide) groups is 1. The van der Waals surface area contributed by atoms with E-state index >= 15 is 0 Å². The quantitative estimate of drug-likeness (QED) is 0.829. The summed E-state index contributed by atoms with van der Waals surface area (Å²) in [6.07, 6.45) is 3.16. The SMILES string of the molecule is OCC(O)CSCc1cnn(-c2ccccc2)c1. The lowest BCUT2D eigenvalue weighted by molar-refractivity contribution is 0.113. The average Bonchev–Trinajstić information content (AvgIpc) is 2.88. The maximum absolute atomic E-state index is 9.23. The van der Waals surface area contributed by atoms with Gasteiger partial charge in [0.2, 0.25) is 0 Å². The van der Waals surface area contributed by atoms with Gasteiger partial charge in [0.25, 0.3) is 0 Å². The fourth-order valence-electron chi connectivity index (χ4n) is 1.52. The van der Waals surface area contributed by atoms with E-state index in [1.54, 1.807) is 11.8 Å². The van der Waals surface area contributed by atoms with Crippen LogP contribution < -0.4 is 0 Å². The number of nitrogens with zero attached hydrogens (tertiary/aromatic N) is 2. The first-order valence-electron chi connectivity index (χ1n) is 5.75. The van der Waals surface area contributed by atoms with Crippen LogP contribution in [0.3, 0.4) is 0 Å². The molecule has 18 heavy (non-hydrogen) atoms. The average molecular weight is 264 g/mol. The molecule has 2 rings (SSSR count). The van der Waals surface area contributed by atoms with Gasteiger partial charge in [-0.05, 0) is 12.1 Å². The Balaban J connectivity index is 1.91. The highest BCUT2D eigenvalue weighted by molar-refractivity contribution is 7.98. The third-order valence-electron chi connectivity index (χ3n) is 2.45. The van der Waals surface area contributed by atoms with E-state index in [2.05, 4.69) is 5.10 Å². The monoisotopic (exact) mass is 264 g/mol. The highest BCUT2D eigenvalue weighted by Crippen LogP contribution is 2.14. The highest BCUT2D eigenvalue weighted by atomic mass is 32.2. The van der Waals surface area contributed by atoms with Crippen molar-refractivity contribution in [3.05, 3.63) is 48.3 Å². The van der Waals surface area contributed by atoms with E-state index in [0.717, 1.165) is 17.0 Å². The fraction of sp³-hybridized carbons (Fsp3) is 0.308. The number of benzene rings is 1. The Hall–Kier alpha value is -1.30. The smallest absolute Gasteiger partial charge is 0.0861 e. The Bertz CT molecular complexity index is 473. The van der Waals surface area contributed by atoms with Gasteiger partial charge in [0.05, 0.1) is 24.6 Å². The van der Waals surface area contributed by atoms with Crippen molar-refractivity contribution in [2.24, 2.45) is 0 Å². The summed E-state index contributed by atoms with van der Waals surface area (Å²) in [4.78, 5) is 0. The lowest BCUT2D eigenvalue weighted by atomic mass is 10.3. The predicted octanol–water partition coefficient (Wildman–Crippen LogP) is 1.46. The van der Waals surface area contributed by atoms with E-state index in [0.29, 0.717) is 5.75 Å². The first kappa shape index (κ1) is 13.1. The molecule has 96 valence electrons. The predicted molar refractivity (Wildman–Crippen MR) is 72.8 cm³/mol. The summed E-state index contributed by atoms with van der Waals surface area (Å²) in [6, 6.07) is 9.92. The summed E-state index contributed by atoms with van der Waals surface area (Å²) in [7, 11) is 0. The fourth-order valence-corrected chi connectivity index (χ4v) is 2.40. The second kappa shape index (κ2) is 6.58. The number of rotatable bonds is 6. The van der Waals surface area contributed by atoms with Crippen LogP contribution >= 0.6 is 11.8 Å². The van der Waals surface area contributed by atoms with Crippen LogP contribution in [0.4, 0.5) is 0 Å². The second-order valence-corrected chi connectivity index (χ2v) is 5.01. The molecule has 0 aliphatic carbocycles. The molecule has 1 aromatic carbocycles. The molecule has 0 fully saturated rings. The topological polar surface area (TPSA) is 58.3 Å². The van der Waals surface area contributed by atoms with Gasteiger partial charge in [-0.15, -0.1) is 0 Å². The first-order valence-corrected chi connectivity index (χ1v) is 6.90. The zero-order valence-corrected chi connectivity index (χ0v) is 10.8. The minimum Gasteiger partial charge on any atom is -0.394 e. The van der Waals surface area contributed by atoms with Gasteiger partial charge in [-0.1, -0.05) is 18.2 Å². The largest absolute Gasteiger partial charge is 0.394 e. The minimum absolute atomic E-state index is 0.184. The van der Waals surface area contributed by atoms with Crippen LogP contribution in [0.25, 0.3) is 5.69 Å².